The Bertz CT molecular complexity index is 271. The highest BCUT2D eigenvalue weighted by atomic mass is 19.1. The summed E-state index contributed by atoms with van der Waals surface area (Å²) in [6.45, 7) is -1.04. The molecule has 0 bridgehead atoms. The number of anilines is 1. The van der Waals surface area contributed by atoms with Crippen molar-refractivity contribution in [1.82, 2.24) is 0 Å². The molecule has 0 radical (unpaired) electrons. The van der Waals surface area contributed by atoms with Crippen LogP contribution in [0.2, 0.25) is 0 Å². The van der Waals surface area contributed by atoms with Gasteiger partial charge in [-0.25, -0.2) is 4.39 Å². The summed E-state index contributed by atoms with van der Waals surface area (Å²) in [5, 5.41) is 11.2. The Balaban J connectivity index is 2.64. The molecule has 0 aliphatic heterocycles. The first-order chi connectivity index (χ1) is 5.72. The predicted octanol–water partition coefficient (Wildman–Crippen LogP) is 1.30. The van der Waals surface area contributed by atoms with Crippen LogP contribution in [0.3, 0.4) is 0 Å². The predicted molar refractivity (Wildman–Crippen MR) is 42.7 cm³/mol. The Morgan fingerprint density at radius 3 is 2.50 bits per heavy atom. The monoisotopic (exact) mass is 169 g/mol. The SMILES string of the molecule is O=C(CF)Nc1ccc(O)cc1. The average molecular weight is 169 g/mol. The fourth-order valence-electron chi connectivity index (χ4n) is 0.739. The molecule has 64 valence electrons. The summed E-state index contributed by atoms with van der Waals surface area (Å²) in [6.07, 6.45) is 0. The Morgan fingerprint density at radius 2 is 2.00 bits per heavy atom. The van der Waals surface area contributed by atoms with Crippen molar-refractivity contribution in [1.29, 1.82) is 0 Å². The van der Waals surface area contributed by atoms with Crippen molar-refractivity contribution < 1.29 is 14.3 Å². The first kappa shape index (κ1) is 8.52. The second-order valence-electron chi connectivity index (χ2n) is 2.23. The molecule has 0 spiro atoms. The molecule has 4 heteroatoms. The third kappa shape index (κ3) is 2.23. The number of amides is 1. The number of hydrogen-bond acceptors (Lipinski definition) is 2. The summed E-state index contributed by atoms with van der Waals surface area (Å²) in [7, 11) is 0. The smallest absolute Gasteiger partial charge is 0.255 e. The van der Waals surface area contributed by atoms with Gasteiger partial charge in [-0.05, 0) is 24.3 Å². The van der Waals surface area contributed by atoms with Gasteiger partial charge in [0.05, 0.1) is 0 Å². The number of hydrogen-bond donors (Lipinski definition) is 2. The maximum Gasteiger partial charge on any atom is 0.255 e. The van der Waals surface area contributed by atoms with Crippen molar-refractivity contribution >= 4 is 11.6 Å². The fraction of sp³-hybridized carbons (Fsp3) is 0.125. The minimum Gasteiger partial charge on any atom is -0.508 e. The van der Waals surface area contributed by atoms with Crippen molar-refractivity contribution in [3.8, 4) is 5.75 Å². The van der Waals surface area contributed by atoms with Gasteiger partial charge in [-0.2, -0.15) is 0 Å². The molecule has 0 atom stereocenters. The van der Waals surface area contributed by atoms with Crippen LogP contribution in [0.15, 0.2) is 24.3 Å². The average Bonchev–Trinajstić information content (AvgIpc) is 2.09. The van der Waals surface area contributed by atoms with Gasteiger partial charge in [-0.15, -0.1) is 0 Å². The molecule has 3 nitrogen and oxygen atoms in total. The van der Waals surface area contributed by atoms with E-state index in [-0.39, 0.29) is 5.75 Å². The standard InChI is InChI=1S/C8H8FNO2/c9-5-8(12)10-6-1-3-7(11)4-2-6/h1-4,11H,5H2,(H,10,12). The summed E-state index contributed by atoms with van der Waals surface area (Å²) < 4.78 is 11.7. The second-order valence-corrected chi connectivity index (χ2v) is 2.23. The van der Waals surface area contributed by atoms with E-state index in [9.17, 15) is 9.18 Å². The quantitative estimate of drug-likeness (QED) is 0.655. The Labute approximate surface area is 68.8 Å². The van der Waals surface area contributed by atoms with Gasteiger partial charge in [0.15, 0.2) is 6.67 Å². The van der Waals surface area contributed by atoms with Crippen LogP contribution in [0, 0.1) is 0 Å². The first-order valence-electron chi connectivity index (χ1n) is 3.37. The maximum atomic E-state index is 11.7. The van der Waals surface area contributed by atoms with E-state index < -0.39 is 12.6 Å². The molecule has 0 unspecified atom stereocenters. The number of rotatable bonds is 2. The van der Waals surface area contributed by atoms with Crippen LogP contribution in [-0.2, 0) is 4.79 Å². The van der Waals surface area contributed by atoms with E-state index in [0.29, 0.717) is 5.69 Å². The highest BCUT2D eigenvalue weighted by Gasteiger charge is 1.99. The Kier molecular flexibility index (Phi) is 2.63. The molecule has 0 aliphatic rings. The Hall–Kier alpha value is -1.58. The molecule has 0 saturated heterocycles. The van der Waals surface area contributed by atoms with Gasteiger partial charge in [0, 0.05) is 5.69 Å². The van der Waals surface area contributed by atoms with Gasteiger partial charge in [0.25, 0.3) is 5.91 Å². The molecule has 0 aromatic heterocycles. The lowest BCUT2D eigenvalue weighted by Gasteiger charge is -2.01. The van der Waals surface area contributed by atoms with Crippen LogP contribution in [0.4, 0.5) is 10.1 Å². The van der Waals surface area contributed by atoms with Crippen molar-refractivity contribution in [3.63, 3.8) is 0 Å². The number of aromatic hydroxyl groups is 1. The molecule has 0 fully saturated rings. The van der Waals surface area contributed by atoms with E-state index in [4.69, 9.17) is 5.11 Å². The molecule has 1 rings (SSSR count). The number of phenols is 1. The molecule has 2 N–H and O–H groups in total. The number of nitrogens with one attached hydrogen (secondary N) is 1. The molecule has 0 heterocycles. The first-order valence-corrected chi connectivity index (χ1v) is 3.37. The minimum atomic E-state index is -1.04. The lowest BCUT2D eigenvalue weighted by atomic mass is 10.3. The molecule has 1 amide bonds. The lowest BCUT2D eigenvalue weighted by molar-refractivity contribution is -0.117. The molecular weight excluding hydrogens is 161 g/mol. The van der Waals surface area contributed by atoms with E-state index in [1.807, 2.05) is 0 Å². The molecule has 0 aliphatic carbocycles. The van der Waals surface area contributed by atoms with Crippen LogP contribution in [0.1, 0.15) is 0 Å². The van der Waals surface area contributed by atoms with Crippen LogP contribution in [0.5, 0.6) is 5.75 Å². The number of carbonyl (C=O) groups is 1. The number of carbonyl (C=O) groups excluding carboxylic acids is 1. The number of alkyl halides is 1. The highest BCUT2D eigenvalue weighted by molar-refractivity contribution is 5.91. The van der Waals surface area contributed by atoms with Gasteiger partial charge < -0.3 is 10.4 Å². The van der Waals surface area contributed by atoms with E-state index in [1.165, 1.54) is 24.3 Å². The molecule has 1 aromatic carbocycles. The van der Waals surface area contributed by atoms with Crippen molar-refractivity contribution in [2.24, 2.45) is 0 Å². The topological polar surface area (TPSA) is 49.3 Å². The van der Waals surface area contributed by atoms with Crippen LogP contribution >= 0.6 is 0 Å². The second kappa shape index (κ2) is 3.71. The largest absolute Gasteiger partial charge is 0.508 e. The third-order valence-electron chi connectivity index (χ3n) is 1.27. The molecule has 1 aromatic rings. The fourth-order valence-corrected chi connectivity index (χ4v) is 0.739. The van der Waals surface area contributed by atoms with Crippen LogP contribution in [0.25, 0.3) is 0 Å². The van der Waals surface area contributed by atoms with E-state index in [2.05, 4.69) is 5.32 Å². The molecule has 0 saturated carbocycles. The summed E-state index contributed by atoms with van der Waals surface area (Å²) >= 11 is 0. The Morgan fingerprint density at radius 1 is 1.42 bits per heavy atom. The van der Waals surface area contributed by atoms with E-state index in [0.717, 1.165) is 0 Å². The van der Waals surface area contributed by atoms with Gasteiger partial charge in [-0.3, -0.25) is 4.79 Å². The van der Waals surface area contributed by atoms with Crippen molar-refractivity contribution in [3.05, 3.63) is 24.3 Å². The van der Waals surface area contributed by atoms with Crippen molar-refractivity contribution in [2.75, 3.05) is 12.0 Å². The van der Waals surface area contributed by atoms with E-state index in [1.54, 1.807) is 0 Å². The molecule has 12 heavy (non-hydrogen) atoms. The minimum absolute atomic E-state index is 0.105. The molecular formula is C8H8FNO2. The summed E-state index contributed by atoms with van der Waals surface area (Å²) in [5.74, 6) is -0.589. The lowest BCUT2D eigenvalue weighted by Crippen LogP contribution is -2.12. The van der Waals surface area contributed by atoms with Gasteiger partial charge in [0.2, 0.25) is 0 Å². The highest BCUT2D eigenvalue weighted by Crippen LogP contribution is 2.13. The summed E-state index contributed by atoms with van der Waals surface area (Å²) in [6, 6.07) is 5.80. The number of benzene rings is 1. The summed E-state index contributed by atoms with van der Waals surface area (Å²) in [4.78, 5) is 10.5. The van der Waals surface area contributed by atoms with Crippen molar-refractivity contribution in [2.45, 2.75) is 0 Å². The number of halogens is 1. The van der Waals surface area contributed by atoms with Crippen LogP contribution in [-0.4, -0.2) is 17.7 Å². The van der Waals surface area contributed by atoms with Crippen LogP contribution < -0.4 is 5.32 Å². The van der Waals surface area contributed by atoms with Gasteiger partial charge in [0.1, 0.15) is 5.75 Å². The zero-order valence-electron chi connectivity index (χ0n) is 6.25. The number of phenolic OH excluding ortho intramolecular Hbond substituents is 1. The van der Waals surface area contributed by atoms with E-state index >= 15 is 0 Å². The zero-order chi connectivity index (χ0) is 8.97. The summed E-state index contributed by atoms with van der Waals surface area (Å²) in [5.41, 5.74) is 0.468. The maximum absolute atomic E-state index is 11.7. The normalized spacial score (nSPS) is 9.42. The van der Waals surface area contributed by atoms with Gasteiger partial charge in [-0.1, -0.05) is 0 Å². The third-order valence-corrected chi connectivity index (χ3v) is 1.27. The zero-order valence-corrected chi connectivity index (χ0v) is 6.25. The van der Waals surface area contributed by atoms with Gasteiger partial charge >= 0.3 is 0 Å².